The summed E-state index contributed by atoms with van der Waals surface area (Å²) in [5.41, 5.74) is 0.478. The number of fused-ring (bicyclic) bond motifs is 1. The van der Waals surface area contributed by atoms with Gasteiger partial charge >= 0.3 is 5.97 Å². The summed E-state index contributed by atoms with van der Waals surface area (Å²) in [5, 5.41) is 9.40. The van der Waals surface area contributed by atoms with Crippen LogP contribution < -0.4 is 0 Å². The number of benzene rings is 2. The molecule has 100 valence electrons. The molecular weight excluding hydrogens is 276 g/mol. The monoisotopic (exact) mass is 286 g/mol. The van der Waals surface area contributed by atoms with Gasteiger partial charge in [0.05, 0.1) is 15.4 Å². The molecule has 0 aromatic heterocycles. The van der Waals surface area contributed by atoms with E-state index in [-0.39, 0.29) is 20.9 Å². The maximum Gasteiger partial charge on any atom is 0.337 e. The van der Waals surface area contributed by atoms with Crippen LogP contribution in [0.15, 0.2) is 59.5 Å². The molecule has 0 amide bonds. The Labute approximate surface area is 115 Å². The molecule has 1 aliphatic rings. The fraction of sp³-hybridized carbons (Fsp3) is 0. The molecule has 2 aromatic rings. The molecule has 2 aromatic carbocycles. The Morgan fingerprint density at radius 1 is 0.900 bits per heavy atom. The highest BCUT2D eigenvalue weighted by Gasteiger charge is 2.39. The van der Waals surface area contributed by atoms with Crippen LogP contribution in [0.1, 0.15) is 11.1 Å². The highest BCUT2D eigenvalue weighted by Crippen LogP contribution is 2.44. The van der Waals surface area contributed by atoms with Gasteiger partial charge in [-0.1, -0.05) is 48.5 Å². The zero-order chi connectivity index (χ0) is 14.3. The van der Waals surface area contributed by atoms with E-state index in [9.17, 15) is 18.3 Å². The van der Waals surface area contributed by atoms with Crippen LogP contribution in [-0.4, -0.2) is 19.5 Å². The van der Waals surface area contributed by atoms with Crippen molar-refractivity contribution >= 4 is 26.3 Å². The van der Waals surface area contributed by atoms with Gasteiger partial charge in [0.2, 0.25) is 9.84 Å². The average molecular weight is 286 g/mol. The zero-order valence-corrected chi connectivity index (χ0v) is 11.1. The van der Waals surface area contributed by atoms with Crippen LogP contribution in [0, 0.1) is 0 Å². The predicted octanol–water partition coefficient (Wildman–Crippen LogP) is 2.43. The molecule has 1 N–H and O–H groups in total. The Morgan fingerprint density at radius 2 is 1.50 bits per heavy atom. The fourth-order valence-electron chi connectivity index (χ4n) is 2.38. The van der Waals surface area contributed by atoms with Gasteiger partial charge in [0, 0.05) is 5.56 Å². The SMILES string of the molecule is O=C(O)C1=C(c2ccccc2)S(=O)(=O)c2ccccc21. The van der Waals surface area contributed by atoms with Crippen LogP contribution in [0.3, 0.4) is 0 Å². The van der Waals surface area contributed by atoms with Crippen molar-refractivity contribution in [3.05, 3.63) is 65.7 Å². The van der Waals surface area contributed by atoms with Gasteiger partial charge in [-0.25, -0.2) is 13.2 Å². The van der Waals surface area contributed by atoms with Gasteiger partial charge < -0.3 is 5.11 Å². The lowest BCUT2D eigenvalue weighted by atomic mass is 10.0. The van der Waals surface area contributed by atoms with Gasteiger partial charge in [0.25, 0.3) is 0 Å². The van der Waals surface area contributed by atoms with E-state index in [4.69, 9.17) is 0 Å². The second kappa shape index (κ2) is 4.31. The van der Waals surface area contributed by atoms with Crippen LogP contribution in [0.4, 0.5) is 0 Å². The third kappa shape index (κ3) is 1.67. The van der Waals surface area contributed by atoms with E-state index >= 15 is 0 Å². The molecule has 3 rings (SSSR count). The second-order valence-electron chi connectivity index (χ2n) is 4.37. The Morgan fingerprint density at radius 3 is 2.15 bits per heavy atom. The van der Waals surface area contributed by atoms with Crippen molar-refractivity contribution in [1.29, 1.82) is 0 Å². The maximum absolute atomic E-state index is 12.6. The molecule has 1 aliphatic heterocycles. The Balaban J connectivity index is 2.42. The number of sulfone groups is 1. The largest absolute Gasteiger partial charge is 0.478 e. The highest BCUT2D eigenvalue weighted by molar-refractivity contribution is 8.01. The molecule has 1 heterocycles. The highest BCUT2D eigenvalue weighted by atomic mass is 32.2. The summed E-state index contributed by atoms with van der Waals surface area (Å²) in [6, 6.07) is 14.5. The summed E-state index contributed by atoms with van der Waals surface area (Å²) in [6.45, 7) is 0. The van der Waals surface area contributed by atoms with Gasteiger partial charge in [-0.05, 0) is 11.6 Å². The molecule has 5 heteroatoms. The van der Waals surface area contributed by atoms with Crippen molar-refractivity contribution in [2.75, 3.05) is 0 Å². The third-order valence-corrected chi connectivity index (χ3v) is 5.10. The van der Waals surface area contributed by atoms with E-state index in [0.717, 1.165) is 0 Å². The molecule has 4 nitrogen and oxygen atoms in total. The van der Waals surface area contributed by atoms with Crippen molar-refractivity contribution in [3.8, 4) is 0 Å². The molecule has 0 spiro atoms. The normalized spacial score (nSPS) is 16.0. The van der Waals surface area contributed by atoms with E-state index in [1.54, 1.807) is 42.5 Å². The molecule has 0 bridgehead atoms. The minimum absolute atomic E-state index is 0.0521. The maximum atomic E-state index is 12.6. The third-order valence-electron chi connectivity index (χ3n) is 3.19. The molecular formula is C15H10O4S. The summed E-state index contributed by atoms with van der Waals surface area (Å²) in [7, 11) is -3.79. The molecule has 20 heavy (non-hydrogen) atoms. The van der Waals surface area contributed by atoms with Gasteiger partial charge in [-0.15, -0.1) is 0 Å². The Kier molecular flexibility index (Phi) is 2.72. The lowest BCUT2D eigenvalue weighted by molar-refractivity contribution is -0.130. The minimum Gasteiger partial charge on any atom is -0.478 e. The van der Waals surface area contributed by atoms with Crippen LogP contribution >= 0.6 is 0 Å². The van der Waals surface area contributed by atoms with Crippen molar-refractivity contribution < 1.29 is 18.3 Å². The zero-order valence-electron chi connectivity index (χ0n) is 10.3. The number of carboxylic acid groups (broad SMARTS) is 1. The Bertz CT molecular complexity index is 833. The van der Waals surface area contributed by atoms with Crippen LogP contribution in [0.25, 0.3) is 10.5 Å². The first-order valence-corrected chi connectivity index (χ1v) is 7.39. The van der Waals surface area contributed by atoms with Crippen molar-refractivity contribution in [2.45, 2.75) is 4.90 Å². The van der Waals surface area contributed by atoms with Crippen molar-refractivity contribution in [3.63, 3.8) is 0 Å². The molecule has 0 aliphatic carbocycles. The lowest BCUT2D eigenvalue weighted by Gasteiger charge is -2.04. The van der Waals surface area contributed by atoms with E-state index in [2.05, 4.69) is 0 Å². The van der Waals surface area contributed by atoms with E-state index in [1.165, 1.54) is 12.1 Å². The number of carbonyl (C=O) groups is 1. The summed E-state index contributed by atoms with van der Waals surface area (Å²) < 4.78 is 25.2. The number of hydrogen-bond acceptors (Lipinski definition) is 3. The van der Waals surface area contributed by atoms with E-state index in [1.807, 2.05) is 0 Å². The summed E-state index contributed by atoms with van der Waals surface area (Å²) in [4.78, 5) is 11.4. The molecule has 0 atom stereocenters. The van der Waals surface area contributed by atoms with E-state index in [0.29, 0.717) is 5.56 Å². The molecule has 0 saturated heterocycles. The summed E-state index contributed by atoms with van der Waals surface area (Å²) in [5.74, 6) is -1.24. The number of carboxylic acids is 1. The summed E-state index contributed by atoms with van der Waals surface area (Å²) >= 11 is 0. The van der Waals surface area contributed by atoms with Crippen molar-refractivity contribution in [2.24, 2.45) is 0 Å². The quantitative estimate of drug-likeness (QED) is 0.920. The van der Waals surface area contributed by atoms with Gasteiger partial charge in [-0.3, -0.25) is 0 Å². The first-order chi connectivity index (χ1) is 9.53. The van der Waals surface area contributed by atoms with Crippen LogP contribution in [-0.2, 0) is 14.6 Å². The smallest absolute Gasteiger partial charge is 0.337 e. The standard InChI is InChI=1S/C15H10O4S/c16-15(17)13-11-8-4-5-9-12(11)20(18,19)14(13)10-6-2-1-3-7-10/h1-9H,(H,16,17). The average Bonchev–Trinajstić information content (AvgIpc) is 2.68. The van der Waals surface area contributed by atoms with E-state index < -0.39 is 15.8 Å². The van der Waals surface area contributed by atoms with Gasteiger partial charge in [0.1, 0.15) is 0 Å². The molecule has 0 saturated carbocycles. The lowest BCUT2D eigenvalue weighted by Crippen LogP contribution is -2.02. The fourth-order valence-corrected chi connectivity index (χ4v) is 4.23. The van der Waals surface area contributed by atoms with Crippen LogP contribution in [0.2, 0.25) is 0 Å². The number of rotatable bonds is 2. The van der Waals surface area contributed by atoms with Gasteiger partial charge in [-0.2, -0.15) is 0 Å². The predicted molar refractivity (Wildman–Crippen MR) is 74.5 cm³/mol. The molecule has 0 radical (unpaired) electrons. The second-order valence-corrected chi connectivity index (χ2v) is 6.23. The topological polar surface area (TPSA) is 71.4 Å². The minimum atomic E-state index is -3.79. The molecule has 0 fully saturated rings. The van der Waals surface area contributed by atoms with Crippen LogP contribution in [0.5, 0.6) is 0 Å². The summed E-state index contributed by atoms with van der Waals surface area (Å²) in [6.07, 6.45) is 0. The molecule has 0 unspecified atom stereocenters. The number of aliphatic carboxylic acids is 1. The first kappa shape index (κ1) is 12.6. The number of hydrogen-bond donors (Lipinski definition) is 1. The first-order valence-electron chi connectivity index (χ1n) is 5.91. The van der Waals surface area contributed by atoms with Gasteiger partial charge in [0.15, 0.2) is 0 Å². The Hall–Kier alpha value is -2.40. The van der Waals surface area contributed by atoms with Crippen molar-refractivity contribution in [1.82, 2.24) is 0 Å².